The van der Waals surface area contributed by atoms with E-state index in [-0.39, 0.29) is 12.3 Å². The lowest BCUT2D eigenvalue weighted by Gasteiger charge is -2.51. The third kappa shape index (κ3) is 5.40. The summed E-state index contributed by atoms with van der Waals surface area (Å²) < 4.78 is 0. The van der Waals surface area contributed by atoms with Gasteiger partial charge in [0.1, 0.15) is 0 Å². The molecule has 56 heavy (non-hydrogen) atoms. The van der Waals surface area contributed by atoms with Crippen LogP contribution in [0.15, 0.2) is 204 Å². The first-order valence-corrected chi connectivity index (χ1v) is 22.1. The molecule has 1 nitrogen and oxygen atoms in total. The molecule has 0 saturated heterocycles. The van der Waals surface area contributed by atoms with Gasteiger partial charge in [-0.15, -0.1) is 0 Å². The van der Waals surface area contributed by atoms with Gasteiger partial charge in [0.05, 0.1) is 0 Å². The lowest BCUT2D eigenvalue weighted by Crippen LogP contribution is -2.60. The molecule has 0 spiro atoms. The summed E-state index contributed by atoms with van der Waals surface area (Å²) in [6.07, 6.45) is 4.95. The molecule has 2 aliphatic heterocycles. The molecule has 0 aliphatic carbocycles. The van der Waals surface area contributed by atoms with Crippen LogP contribution in [0.25, 0.3) is 44.5 Å². The van der Waals surface area contributed by atoms with Gasteiger partial charge < -0.3 is 4.81 Å². The van der Waals surface area contributed by atoms with Crippen LogP contribution in [0.4, 0.5) is 11.4 Å². The zero-order valence-electron chi connectivity index (χ0n) is 32.4. The molecule has 8 aromatic carbocycles. The summed E-state index contributed by atoms with van der Waals surface area (Å²) >= 11 is 0. The van der Waals surface area contributed by atoms with Crippen molar-refractivity contribution in [3.63, 3.8) is 0 Å². The Balaban J connectivity index is 1.40. The summed E-state index contributed by atoms with van der Waals surface area (Å²) in [7, 11) is -1.29. The monoisotopic (exact) mass is 737 g/mol. The third-order valence-electron chi connectivity index (χ3n) is 12.2. The van der Waals surface area contributed by atoms with Gasteiger partial charge in [0.2, 0.25) is 0 Å². The molecule has 0 atom stereocenters. The lowest BCUT2D eigenvalue weighted by atomic mass is 9.47. The maximum Gasteiger partial charge on any atom is 0.330 e. The van der Waals surface area contributed by atoms with Crippen molar-refractivity contribution in [1.29, 1.82) is 0 Å². The highest BCUT2D eigenvalue weighted by molar-refractivity contribution is 8.33. The van der Waals surface area contributed by atoms with Crippen molar-refractivity contribution in [2.75, 3.05) is 17.3 Å². The predicted octanol–water partition coefficient (Wildman–Crippen LogP) is 12.7. The summed E-state index contributed by atoms with van der Waals surface area (Å²) in [5.74, 6) is 0. The van der Waals surface area contributed by atoms with Gasteiger partial charge in [0, 0.05) is 27.9 Å². The van der Waals surface area contributed by atoms with E-state index in [0.717, 1.165) is 0 Å². The van der Waals surface area contributed by atoms with Gasteiger partial charge in [-0.1, -0.05) is 184 Å². The van der Waals surface area contributed by atoms with Gasteiger partial charge in [-0.2, -0.15) is 10.0 Å². The SMILES string of the molecule is CC1(C)c2cc(-c3ccccc3)cc(-c3ccccc3)c2N(B2c3ccccc3S(C)(C)c3ccccc32)c2c(-c3ccccc3)cc(-c3ccccc3)cc21. The van der Waals surface area contributed by atoms with E-state index in [9.17, 15) is 0 Å². The highest BCUT2D eigenvalue weighted by Gasteiger charge is 2.48. The van der Waals surface area contributed by atoms with Crippen molar-refractivity contribution in [3.8, 4) is 44.5 Å². The fourth-order valence-corrected chi connectivity index (χ4v) is 12.0. The van der Waals surface area contributed by atoms with Crippen LogP contribution in [0.5, 0.6) is 0 Å². The van der Waals surface area contributed by atoms with E-state index in [0.29, 0.717) is 0 Å². The highest BCUT2D eigenvalue weighted by Crippen LogP contribution is 2.60. The Morgan fingerprint density at radius 3 is 1.12 bits per heavy atom. The Morgan fingerprint density at radius 1 is 0.393 bits per heavy atom. The first-order chi connectivity index (χ1) is 27.3. The van der Waals surface area contributed by atoms with Crippen molar-refractivity contribution in [2.24, 2.45) is 0 Å². The molecule has 0 N–H and O–H groups in total. The Labute approximate surface area is 333 Å². The molecular formula is C53H44BNS. The topological polar surface area (TPSA) is 3.24 Å². The summed E-state index contributed by atoms with van der Waals surface area (Å²) in [6.45, 7) is 4.84. The molecule has 0 aromatic heterocycles. The third-order valence-corrected chi connectivity index (χ3v) is 15.2. The van der Waals surface area contributed by atoms with Crippen molar-refractivity contribution in [1.82, 2.24) is 0 Å². The first kappa shape index (κ1) is 34.5. The fraction of sp³-hybridized carbons (Fsp3) is 0.0943. The molecule has 0 saturated carbocycles. The Morgan fingerprint density at radius 2 is 0.732 bits per heavy atom. The van der Waals surface area contributed by atoms with Crippen LogP contribution in [0.1, 0.15) is 25.0 Å². The summed E-state index contributed by atoms with van der Waals surface area (Å²) in [5.41, 5.74) is 17.5. The van der Waals surface area contributed by atoms with Crippen LogP contribution < -0.4 is 15.7 Å². The van der Waals surface area contributed by atoms with Crippen molar-refractivity contribution in [2.45, 2.75) is 29.1 Å². The number of fused-ring (bicyclic) bond motifs is 4. The first-order valence-electron chi connectivity index (χ1n) is 19.6. The van der Waals surface area contributed by atoms with Gasteiger partial charge in [-0.25, -0.2) is 0 Å². The van der Waals surface area contributed by atoms with Crippen LogP contribution in [0.2, 0.25) is 0 Å². The molecule has 0 fully saturated rings. The molecule has 10 rings (SSSR count). The average molecular weight is 738 g/mol. The van der Waals surface area contributed by atoms with E-state index < -0.39 is 10.0 Å². The van der Waals surface area contributed by atoms with E-state index in [1.54, 1.807) is 0 Å². The van der Waals surface area contributed by atoms with Crippen LogP contribution in [0, 0.1) is 0 Å². The second-order valence-corrected chi connectivity index (χ2v) is 19.6. The molecule has 8 aromatic rings. The number of anilines is 2. The standard InChI is InChI=1S/C53H44BNS/c1-53(2)45-35-41(37-21-9-5-10-22-37)33-43(39-25-13-7-14-26-39)51(45)55(54-47-29-17-19-31-49(47)56(3,4)50-32-20-18-30-48(50)54)52-44(40-27-15-8-16-28-40)34-42(36-46(52)53)38-23-11-6-12-24-38/h5-36H,1-4H3. The average Bonchev–Trinajstić information content (AvgIpc) is 3.25. The second kappa shape index (κ2) is 13.3. The summed E-state index contributed by atoms with van der Waals surface area (Å²) in [4.78, 5) is 5.69. The Hall–Kier alpha value is -6.03. The molecule has 2 aliphatic rings. The minimum Gasteiger partial charge on any atom is -0.375 e. The van der Waals surface area contributed by atoms with Crippen LogP contribution in [-0.2, 0) is 5.41 Å². The number of nitrogens with zero attached hydrogens (tertiary/aromatic N) is 1. The minimum atomic E-state index is -1.29. The Kier molecular flexibility index (Phi) is 8.20. The van der Waals surface area contributed by atoms with Gasteiger partial charge in [0.25, 0.3) is 0 Å². The second-order valence-electron chi connectivity index (χ2n) is 16.1. The smallest absolute Gasteiger partial charge is 0.330 e. The Bertz CT molecular complexity index is 2550. The zero-order chi connectivity index (χ0) is 38.0. The molecule has 270 valence electrons. The largest absolute Gasteiger partial charge is 0.375 e. The van der Waals surface area contributed by atoms with E-state index in [1.165, 1.54) is 87.7 Å². The molecule has 0 amide bonds. The number of hydrogen-bond acceptors (Lipinski definition) is 1. The molecule has 0 radical (unpaired) electrons. The number of rotatable bonds is 5. The van der Waals surface area contributed by atoms with E-state index in [1.807, 2.05) is 0 Å². The van der Waals surface area contributed by atoms with Crippen LogP contribution in [-0.4, -0.2) is 19.4 Å². The molecule has 3 heteroatoms. The quantitative estimate of drug-likeness (QED) is 0.159. The minimum absolute atomic E-state index is 0.0633. The number of hydrogen-bond donors (Lipinski definition) is 0. The van der Waals surface area contributed by atoms with Crippen molar-refractivity contribution < 1.29 is 0 Å². The maximum atomic E-state index is 2.77. The van der Waals surface area contributed by atoms with Gasteiger partial charge >= 0.3 is 6.85 Å². The van der Waals surface area contributed by atoms with Crippen molar-refractivity contribution >= 4 is 39.2 Å². The normalized spacial score (nSPS) is 15.2. The van der Waals surface area contributed by atoms with Crippen molar-refractivity contribution in [3.05, 3.63) is 205 Å². The van der Waals surface area contributed by atoms with Crippen LogP contribution >= 0.6 is 10.0 Å². The van der Waals surface area contributed by atoms with E-state index >= 15 is 0 Å². The zero-order valence-corrected chi connectivity index (χ0v) is 33.2. The van der Waals surface area contributed by atoms with Gasteiger partial charge in [-0.3, -0.25) is 0 Å². The summed E-state index contributed by atoms with van der Waals surface area (Å²) in [5, 5.41) is 0. The highest BCUT2D eigenvalue weighted by atomic mass is 32.3. The van der Waals surface area contributed by atoms with Gasteiger partial charge in [0.15, 0.2) is 0 Å². The van der Waals surface area contributed by atoms with Gasteiger partial charge in [-0.05, 0) is 102 Å². The summed E-state index contributed by atoms with van der Waals surface area (Å²) in [6, 6.07) is 72.5. The number of benzene rings is 8. The van der Waals surface area contributed by atoms with E-state index in [4.69, 9.17) is 0 Å². The molecule has 2 heterocycles. The fourth-order valence-electron chi connectivity index (χ4n) is 9.43. The molecule has 0 unspecified atom stereocenters. The van der Waals surface area contributed by atoms with E-state index in [2.05, 4.69) is 225 Å². The molecule has 0 bridgehead atoms. The lowest BCUT2D eigenvalue weighted by molar-refractivity contribution is 0.635. The predicted molar refractivity (Wildman–Crippen MR) is 243 cm³/mol. The molecular weight excluding hydrogens is 693 g/mol. The van der Waals surface area contributed by atoms with Crippen LogP contribution in [0.3, 0.4) is 0 Å². The maximum absolute atomic E-state index is 2.77.